The van der Waals surface area contributed by atoms with Gasteiger partial charge in [-0.2, -0.15) is 0 Å². The van der Waals surface area contributed by atoms with E-state index in [1.807, 2.05) is 37.2 Å². The summed E-state index contributed by atoms with van der Waals surface area (Å²) in [5.74, 6) is 1.54. The molecule has 1 N–H and O–H groups in total. The molecule has 2 aromatic rings. The molecule has 1 unspecified atom stereocenters. The summed E-state index contributed by atoms with van der Waals surface area (Å²) in [4.78, 5) is 20.2. The molecule has 1 aliphatic rings. The number of aromatic nitrogens is 1. The van der Waals surface area contributed by atoms with Crippen molar-refractivity contribution in [1.29, 1.82) is 0 Å². The lowest BCUT2D eigenvalue weighted by Gasteiger charge is -2.20. The predicted molar refractivity (Wildman–Crippen MR) is 90.1 cm³/mol. The van der Waals surface area contributed by atoms with Gasteiger partial charge in [0.15, 0.2) is 11.6 Å². The van der Waals surface area contributed by atoms with Gasteiger partial charge in [-0.25, -0.2) is 9.78 Å². The molecular formula is C17H22N4O3. The fraction of sp³-hybridized carbons (Fsp3) is 0.412. The summed E-state index contributed by atoms with van der Waals surface area (Å²) < 4.78 is 11.0. The summed E-state index contributed by atoms with van der Waals surface area (Å²) in [5, 5.41) is 2.89. The Morgan fingerprint density at radius 3 is 3.12 bits per heavy atom. The second-order valence-electron chi connectivity index (χ2n) is 5.98. The third-order valence-electron chi connectivity index (χ3n) is 3.92. The van der Waals surface area contributed by atoms with Gasteiger partial charge in [0.2, 0.25) is 0 Å². The van der Waals surface area contributed by atoms with E-state index in [2.05, 4.69) is 10.3 Å². The average molecular weight is 330 g/mol. The molecule has 3 heterocycles. The van der Waals surface area contributed by atoms with Crippen molar-refractivity contribution in [2.24, 2.45) is 0 Å². The van der Waals surface area contributed by atoms with Crippen molar-refractivity contribution in [3.05, 3.63) is 42.5 Å². The van der Waals surface area contributed by atoms with Gasteiger partial charge in [0.05, 0.1) is 19.1 Å². The molecule has 0 aromatic carbocycles. The van der Waals surface area contributed by atoms with Crippen LogP contribution in [-0.2, 0) is 6.54 Å². The number of likely N-dealkylation sites (tertiary alicyclic amines) is 1. The quantitative estimate of drug-likeness (QED) is 0.909. The number of hydrogen-bond acceptors (Lipinski definition) is 5. The number of carbonyl (C=O) groups is 1. The molecule has 0 saturated carbocycles. The molecule has 1 aliphatic heterocycles. The highest BCUT2D eigenvalue weighted by Gasteiger charge is 2.28. The van der Waals surface area contributed by atoms with Crippen LogP contribution in [0.3, 0.4) is 0 Å². The minimum atomic E-state index is -0.0821. The third-order valence-corrected chi connectivity index (χ3v) is 3.92. The van der Waals surface area contributed by atoms with Crippen molar-refractivity contribution >= 4 is 11.8 Å². The maximum absolute atomic E-state index is 12.2. The Kier molecular flexibility index (Phi) is 4.88. The largest absolute Gasteiger partial charge is 0.485 e. The molecule has 7 heteroatoms. The van der Waals surface area contributed by atoms with Crippen LogP contribution in [0.2, 0.25) is 0 Å². The predicted octanol–water partition coefficient (Wildman–Crippen LogP) is 2.10. The SMILES string of the molecule is CN(C)c1ncccc1OC1CCN(C(=O)NCc2ccoc2)C1. The van der Waals surface area contributed by atoms with Crippen molar-refractivity contribution in [2.45, 2.75) is 19.1 Å². The summed E-state index contributed by atoms with van der Waals surface area (Å²) in [6, 6.07) is 5.51. The summed E-state index contributed by atoms with van der Waals surface area (Å²) in [6.07, 6.45) is 5.75. The molecule has 0 aliphatic carbocycles. The van der Waals surface area contributed by atoms with Crippen LogP contribution in [-0.4, -0.2) is 49.2 Å². The molecule has 0 radical (unpaired) electrons. The molecule has 2 aromatic heterocycles. The van der Waals surface area contributed by atoms with Crippen molar-refractivity contribution in [3.63, 3.8) is 0 Å². The summed E-state index contributed by atoms with van der Waals surface area (Å²) in [6.45, 7) is 1.71. The van der Waals surface area contributed by atoms with Gasteiger partial charge in [-0.15, -0.1) is 0 Å². The van der Waals surface area contributed by atoms with Crippen LogP contribution in [0, 0.1) is 0 Å². The maximum atomic E-state index is 12.2. The van der Waals surface area contributed by atoms with E-state index in [1.165, 1.54) is 0 Å². The van der Waals surface area contributed by atoms with Crippen LogP contribution in [0.15, 0.2) is 41.3 Å². The number of pyridine rings is 1. The van der Waals surface area contributed by atoms with Crippen LogP contribution >= 0.6 is 0 Å². The average Bonchev–Trinajstić information content (AvgIpc) is 3.24. The summed E-state index contributed by atoms with van der Waals surface area (Å²) in [5.41, 5.74) is 0.946. The Labute approximate surface area is 141 Å². The van der Waals surface area contributed by atoms with Gasteiger partial charge in [-0.05, 0) is 18.2 Å². The van der Waals surface area contributed by atoms with Crippen LogP contribution in [0.4, 0.5) is 10.6 Å². The van der Waals surface area contributed by atoms with Crippen molar-refractivity contribution < 1.29 is 13.9 Å². The van der Waals surface area contributed by atoms with Crippen molar-refractivity contribution in [1.82, 2.24) is 15.2 Å². The Balaban J connectivity index is 1.53. The smallest absolute Gasteiger partial charge is 0.317 e. The lowest BCUT2D eigenvalue weighted by molar-refractivity contribution is 0.186. The zero-order valence-corrected chi connectivity index (χ0v) is 13.9. The zero-order valence-electron chi connectivity index (χ0n) is 13.9. The molecule has 0 bridgehead atoms. The number of urea groups is 1. The van der Waals surface area contributed by atoms with E-state index in [9.17, 15) is 4.79 Å². The number of rotatable bonds is 5. The second-order valence-corrected chi connectivity index (χ2v) is 5.98. The lowest BCUT2D eigenvalue weighted by atomic mass is 10.3. The molecule has 1 fully saturated rings. The van der Waals surface area contributed by atoms with E-state index in [-0.39, 0.29) is 12.1 Å². The van der Waals surface area contributed by atoms with Gasteiger partial charge in [-0.3, -0.25) is 0 Å². The first kappa shape index (κ1) is 16.2. The molecule has 0 spiro atoms. The molecule has 128 valence electrons. The maximum Gasteiger partial charge on any atom is 0.317 e. The topological polar surface area (TPSA) is 70.8 Å². The summed E-state index contributed by atoms with van der Waals surface area (Å²) >= 11 is 0. The molecule has 24 heavy (non-hydrogen) atoms. The standard InChI is InChI=1S/C17H22N4O3/c1-20(2)16-15(4-3-7-18-16)24-14-5-8-21(11-14)17(22)19-10-13-6-9-23-12-13/h3-4,6-7,9,12,14H,5,8,10-11H2,1-2H3,(H,19,22). The zero-order chi connectivity index (χ0) is 16.9. The van der Waals surface area contributed by atoms with Crippen LogP contribution < -0.4 is 15.0 Å². The van der Waals surface area contributed by atoms with Gasteiger partial charge in [0.25, 0.3) is 0 Å². The Bertz CT molecular complexity index is 672. The van der Waals surface area contributed by atoms with Crippen LogP contribution in [0.25, 0.3) is 0 Å². The van der Waals surface area contributed by atoms with E-state index in [4.69, 9.17) is 9.15 Å². The second kappa shape index (κ2) is 7.25. The van der Waals surface area contributed by atoms with Gasteiger partial charge in [0.1, 0.15) is 6.10 Å². The minimum absolute atomic E-state index is 0.0208. The third kappa shape index (κ3) is 3.79. The van der Waals surface area contributed by atoms with Gasteiger partial charge in [-0.1, -0.05) is 0 Å². The fourth-order valence-corrected chi connectivity index (χ4v) is 2.68. The highest BCUT2D eigenvalue weighted by Crippen LogP contribution is 2.26. The highest BCUT2D eigenvalue weighted by atomic mass is 16.5. The fourth-order valence-electron chi connectivity index (χ4n) is 2.68. The number of ether oxygens (including phenoxy) is 1. The number of furan rings is 1. The number of anilines is 1. The number of hydrogen-bond donors (Lipinski definition) is 1. The Morgan fingerprint density at radius 2 is 2.38 bits per heavy atom. The lowest BCUT2D eigenvalue weighted by Crippen LogP contribution is -2.39. The first-order valence-corrected chi connectivity index (χ1v) is 7.96. The van der Waals surface area contributed by atoms with Gasteiger partial charge in [0, 0.05) is 45.4 Å². The molecule has 7 nitrogen and oxygen atoms in total. The van der Waals surface area contributed by atoms with Gasteiger partial charge < -0.3 is 24.3 Å². The molecular weight excluding hydrogens is 308 g/mol. The number of nitrogens with one attached hydrogen (secondary N) is 1. The molecule has 1 atom stereocenters. The van der Waals surface area contributed by atoms with E-state index in [0.29, 0.717) is 19.6 Å². The minimum Gasteiger partial charge on any atom is -0.485 e. The first-order chi connectivity index (χ1) is 11.6. The van der Waals surface area contributed by atoms with E-state index < -0.39 is 0 Å². The molecule has 1 saturated heterocycles. The monoisotopic (exact) mass is 330 g/mol. The Morgan fingerprint density at radius 1 is 1.50 bits per heavy atom. The van der Waals surface area contributed by atoms with Gasteiger partial charge >= 0.3 is 6.03 Å². The molecule has 2 amide bonds. The number of carbonyl (C=O) groups excluding carboxylic acids is 1. The Hall–Kier alpha value is -2.70. The van der Waals surface area contributed by atoms with Crippen LogP contribution in [0.1, 0.15) is 12.0 Å². The molecule has 3 rings (SSSR count). The number of amides is 2. The van der Waals surface area contributed by atoms with Crippen LogP contribution in [0.5, 0.6) is 5.75 Å². The van der Waals surface area contributed by atoms with Crippen molar-refractivity contribution in [3.8, 4) is 5.75 Å². The number of nitrogens with zero attached hydrogens (tertiary/aromatic N) is 3. The van der Waals surface area contributed by atoms with E-state index in [1.54, 1.807) is 23.6 Å². The van der Waals surface area contributed by atoms with E-state index >= 15 is 0 Å². The van der Waals surface area contributed by atoms with Crippen molar-refractivity contribution in [2.75, 3.05) is 32.1 Å². The highest BCUT2D eigenvalue weighted by molar-refractivity contribution is 5.74. The summed E-state index contributed by atoms with van der Waals surface area (Å²) in [7, 11) is 3.86. The first-order valence-electron chi connectivity index (χ1n) is 7.96. The normalized spacial score (nSPS) is 16.9. The van der Waals surface area contributed by atoms with E-state index in [0.717, 1.165) is 23.6 Å².